The van der Waals surface area contributed by atoms with Gasteiger partial charge in [-0.1, -0.05) is 0 Å². The zero-order chi connectivity index (χ0) is 12.8. The van der Waals surface area contributed by atoms with E-state index in [0.717, 1.165) is 23.3 Å². The fourth-order valence-corrected chi connectivity index (χ4v) is 1.79. The lowest BCUT2D eigenvalue weighted by molar-refractivity contribution is 0.183. The Bertz CT molecular complexity index is 364. The number of methoxy groups -OCH3 is 3. The molecular weight excluding hydrogens is 218 g/mol. The van der Waals surface area contributed by atoms with E-state index < -0.39 is 0 Å². The fourth-order valence-electron chi connectivity index (χ4n) is 1.79. The maximum absolute atomic E-state index is 5.84. The summed E-state index contributed by atoms with van der Waals surface area (Å²) in [6.45, 7) is 2.52. The summed E-state index contributed by atoms with van der Waals surface area (Å²) < 4.78 is 15.7. The Labute approximate surface area is 103 Å². The van der Waals surface area contributed by atoms with Gasteiger partial charge >= 0.3 is 0 Å². The van der Waals surface area contributed by atoms with E-state index in [9.17, 15) is 0 Å². The van der Waals surface area contributed by atoms with Crippen molar-refractivity contribution in [2.45, 2.75) is 26.0 Å². The molecule has 96 valence electrons. The molecule has 0 bridgehead atoms. The Kier molecular flexibility index (Phi) is 5.25. The average molecular weight is 239 g/mol. The van der Waals surface area contributed by atoms with Gasteiger partial charge in [-0.3, -0.25) is 0 Å². The second-order valence-corrected chi connectivity index (χ2v) is 4.09. The van der Waals surface area contributed by atoms with E-state index in [0.29, 0.717) is 12.4 Å². The molecular formula is C13H21NO3. The highest BCUT2D eigenvalue weighted by atomic mass is 16.5. The lowest BCUT2D eigenvalue weighted by Crippen LogP contribution is -2.19. The van der Waals surface area contributed by atoms with Crippen molar-refractivity contribution in [3.8, 4) is 11.5 Å². The van der Waals surface area contributed by atoms with E-state index >= 15 is 0 Å². The van der Waals surface area contributed by atoms with Crippen LogP contribution in [0.2, 0.25) is 0 Å². The van der Waals surface area contributed by atoms with Crippen molar-refractivity contribution in [1.82, 2.24) is 0 Å². The standard InChI is InChI=1S/C13H21NO3/c1-9(14)5-10-6-12(16-3)13(17-4)7-11(10)8-15-2/h6-7,9H,5,8,14H2,1-4H3. The monoisotopic (exact) mass is 239 g/mol. The van der Waals surface area contributed by atoms with Gasteiger partial charge in [-0.15, -0.1) is 0 Å². The van der Waals surface area contributed by atoms with Crippen LogP contribution in [0.15, 0.2) is 12.1 Å². The molecule has 0 aliphatic carbocycles. The van der Waals surface area contributed by atoms with Gasteiger partial charge in [-0.25, -0.2) is 0 Å². The Morgan fingerprint density at radius 2 is 1.59 bits per heavy atom. The van der Waals surface area contributed by atoms with Crippen LogP contribution in [0.5, 0.6) is 11.5 Å². The molecule has 0 aliphatic rings. The third kappa shape index (κ3) is 3.61. The molecule has 0 saturated heterocycles. The van der Waals surface area contributed by atoms with Crippen LogP contribution in [0.3, 0.4) is 0 Å². The summed E-state index contributed by atoms with van der Waals surface area (Å²) in [4.78, 5) is 0. The van der Waals surface area contributed by atoms with E-state index in [1.54, 1.807) is 21.3 Å². The maximum Gasteiger partial charge on any atom is 0.161 e. The Hall–Kier alpha value is -1.26. The van der Waals surface area contributed by atoms with Crippen LogP contribution in [0.1, 0.15) is 18.1 Å². The van der Waals surface area contributed by atoms with E-state index in [-0.39, 0.29) is 6.04 Å². The van der Waals surface area contributed by atoms with Crippen LogP contribution in [-0.4, -0.2) is 27.4 Å². The molecule has 0 aliphatic heterocycles. The van der Waals surface area contributed by atoms with Crippen molar-refractivity contribution >= 4 is 0 Å². The molecule has 2 N–H and O–H groups in total. The van der Waals surface area contributed by atoms with Crippen molar-refractivity contribution in [1.29, 1.82) is 0 Å². The first kappa shape index (κ1) is 13.8. The summed E-state index contributed by atoms with van der Waals surface area (Å²) in [5.74, 6) is 1.44. The zero-order valence-corrected chi connectivity index (χ0v) is 10.9. The van der Waals surface area contributed by atoms with Gasteiger partial charge in [-0.2, -0.15) is 0 Å². The number of ether oxygens (including phenoxy) is 3. The van der Waals surface area contributed by atoms with Gasteiger partial charge in [0.2, 0.25) is 0 Å². The Morgan fingerprint density at radius 3 is 2.00 bits per heavy atom. The van der Waals surface area contributed by atoms with Crippen LogP contribution < -0.4 is 15.2 Å². The summed E-state index contributed by atoms with van der Waals surface area (Å²) in [5.41, 5.74) is 8.06. The summed E-state index contributed by atoms with van der Waals surface area (Å²) in [5, 5.41) is 0. The third-order valence-corrected chi connectivity index (χ3v) is 2.55. The SMILES string of the molecule is COCc1cc(OC)c(OC)cc1CC(C)N. The maximum atomic E-state index is 5.84. The van der Waals surface area contributed by atoms with Gasteiger partial charge in [0.25, 0.3) is 0 Å². The van der Waals surface area contributed by atoms with E-state index in [1.807, 2.05) is 19.1 Å². The van der Waals surface area contributed by atoms with Crippen molar-refractivity contribution in [2.75, 3.05) is 21.3 Å². The molecule has 4 heteroatoms. The third-order valence-electron chi connectivity index (χ3n) is 2.55. The van der Waals surface area contributed by atoms with Crippen molar-refractivity contribution < 1.29 is 14.2 Å². The molecule has 1 aromatic rings. The van der Waals surface area contributed by atoms with Crippen LogP contribution in [0.4, 0.5) is 0 Å². The predicted octanol–water partition coefficient (Wildman–Crippen LogP) is 1.74. The summed E-state index contributed by atoms with van der Waals surface area (Å²) in [6, 6.07) is 4.01. The molecule has 0 amide bonds. The van der Waals surface area contributed by atoms with Crippen molar-refractivity contribution in [2.24, 2.45) is 5.73 Å². The highest BCUT2D eigenvalue weighted by molar-refractivity contribution is 5.47. The van der Waals surface area contributed by atoms with Gasteiger partial charge in [0.1, 0.15) is 0 Å². The normalized spacial score (nSPS) is 12.3. The van der Waals surface area contributed by atoms with Gasteiger partial charge in [-0.05, 0) is 36.6 Å². The Morgan fingerprint density at radius 1 is 1.06 bits per heavy atom. The van der Waals surface area contributed by atoms with Crippen LogP contribution in [0, 0.1) is 0 Å². The highest BCUT2D eigenvalue weighted by Gasteiger charge is 2.12. The Balaban J connectivity index is 3.14. The number of benzene rings is 1. The molecule has 0 spiro atoms. The topological polar surface area (TPSA) is 53.7 Å². The molecule has 17 heavy (non-hydrogen) atoms. The second kappa shape index (κ2) is 6.47. The van der Waals surface area contributed by atoms with Gasteiger partial charge in [0, 0.05) is 13.2 Å². The molecule has 0 saturated carbocycles. The first-order valence-corrected chi connectivity index (χ1v) is 5.60. The van der Waals surface area contributed by atoms with Crippen molar-refractivity contribution in [3.05, 3.63) is 23.3 Å². The molecule has 0 aromatic heterocycles. The summed E-state index contributed by atoms with van der Waals surface area (Å²) in [6.07, 6.45) is 0.791. The number of rotatable bonds is 6. The fraction of sp³-hybridized carbons (Fsp3) is 0.538. The minimum absolute atomic E-state index is 0.101. The van der Waals surface area contributed by atoms with Crippen LogP contribution >= 0.6 is 0 Å². The van der Waals surface area contributed by atoms with E-state index in [4.69, 9.17) is 19.9 Å². The van der Waals surface area contributed by atoms with Gasteiger partial charge in [0.05, 0.1) is 20.8 Å². The molecule has 4 nitrogen and oxygen atoms in total. The van der Waals surface area contributed by atoms with Gasteiger partial charge < -0.3 is 19.9 Å². The molecule has 1 aromatic carbocycles. The first-order chi connectivity index (χ1) is 8.12. The molecule has 0 heterocycles. The number of hydrogen-bond donors (Lipinski definition) is 1. The number of hydrogen-bond acceptors (Lipinski definition) is 4. The second-order valence-electron chi connectivity index (χ2n) is 4.09. The smallest absolute Gasteiger partial charge is 0.161 e. The molecule has 1 unspecified atom stereocenters. The van der Waals surface area contributed by atoms with Crippen LogP contribution in [-0.2, 0) is 17.8 Å². The molecule has 1 atom stereocenters. The quantitative estimate of drug-likeness (QED) is 0.821. The molecule has 0 fully saturated rings. The first-order valence-electron chi connectivity index (χ1n) is 5.60. The predicted molar refractivity (Wildman–Crippen MR) is 67.6 cm³/mol. The summed E-state index contributed by atoms with van der Waals surface area (Å²) >= 11 is 0. The van der Waals surface area contributed by atoms with Crippen molar-refractivity contribution in [3.63, 3.8) is 0 Å². The van der Waals surface area contributed by atoms with E-state index in [2.05, 4.69) is 0 Å². The molecule has 1 rings (SSSR count). The van der Waals surface area contributed by atoms with Crippen LogP contribution in [0.25, 0.3) is 0 Å². The zero-order valence-electron chi connectivity index (χ0n) is 10.9. The van der Waals surface area contributed by atoms with Gasteiger partial charge in [0.15, 0.2) is 11.5 Å². The summed E-state index contributed by atoms with van der Waals surface area (Å²) in [7, 11) is 4.93. The largest absolute Gasteiger partial charge is 0.493 e. The minimum atomic E-state index is 0.101. The molecule has 0 radical (unpaired) electrons. The average Bonchev–Trinajstić information content (AvgIpc) is 2.30. The lowest BCUT2D eigenvalue weighted by atomic mass is 10.0. The number of nitrogens with two attached hydrogens (primary N) is 1. The van der Waals surface area contributed by atoms with E-state index in [1.165, 1.54) is 0 Å². The highest BCUT2D eigenvalue weighted by Crippen LogP contribution is 2.31. The lowest BCUT2D eigenvalue weighted by Gasteiger charge is -2.15. The minimum Gasteiger partial charge on any atom is -0.493 e.